The maximum atomic E-state index is 12.8. The predicted octanol–water partition coefficient (Wildman–Crippen LogP) is 2.86. The first-order valence-corrected chi connectivity index (χ1v) is 11.4. The molecule has 4 rings (SSSR count). The van der Waals surface area contributed by atoms with E-state index in [1.165, 1.54) is 18.2 Å². The molecule has 0 aliphatic heterocycles. The largest absolute Gasteiger partial charge is 0.494 e. The molecule has 0 spiro atoms. The third-order valence-electron chi connectivity index (χ3n) is 4.62. The highest BCUT2D eigenvalue weighted by Gasteiger charge is 2.17. The van der Waals surface area contributed by atoms with Crippen molar-refractivity contribution in [3.63, 3.8) is 0 Å². The minimum absolute atomic E-state index is 0.0213. The molecule has 164 valence electrons. The number of carbonyl (C=O) groups excluding carboxylic acids is 1. The minimum atomic E-state index is -3.88. The highest BCUT2D eigenvalue weighted by molar-refractivity contribution is 7.92. The average molecular weight is 452 g/mol. The van der Waals surface area contributed by atoms with Crippen LogP contribution in [0.2, 0.25) is 0 Å². The molecule has 0 unspecified atom stereocenters. The van der Waals surface area contributed by atoms with Crippen molar-refractivity contribution in [3.8, 4) is 5.75 Å². The molecular formula is C22H21N5O4S. The molecule has 0 saturated carbocycles. The summed E-state index contributed by atoms with van der Waals surface area (Å²) in [7, 11) is -3.88. The molecule has 0 atom stereocenters. The van der Waals surface area contributed by atoms with E-state index < -0.39 is 15.9 Å². The molecule has 2 aromatic heterocycles. The zero-order valence-corrected chi connectivity index (χ0v) is 18.0. The number of sulfonamides is 1. The lowest BCUT2D eigenvalue weighted by molar-refractivity contribution is 0.0949. The zero-order valence-electron chi connectivity index (χ0n) is 17.2. The third-order valence-corrected chi connectivity index (χ3v) is 5.99. The Bertz CT molecular complexity index is 1350. The van der Waals surface area contributed by atoms with Crippen LogP contribution < -0.4 is 14.8 Å². The van der Waals surface area contributed by atoms with Crippen molar-refractivity contribution in [2.24, 2.45) is 0 Å². The van der Waals surface area contributed by atoms with E-state index >= 15 is 0 Å². The molecule has 9 nitrogen and oxygen atoms in total. The topological polar surface area (TPSA) is 115 Å². The van der Waals surface area contributed by atoms with Gasteiger partial charge in [-0.2, -0.15) is 0 Å². The Morgan fingerprint density at radius 3 is 2.62 bits per heavy atom. The molecular weight excluding hydrogens is 430 g/mol. The lowest BCUT2D eigenvalue weighted by Crippen LogP contribution is -2.24. The first-order chi connectivity index (χ1) is 15.5. The number of ether oxygens (including phenoxy) is 1. The van der Waals surface area contributed by atoms with Crippen molar-refractivity contribution in [3.05, 3.63) is 84.3 Å². The molecule has 0 fully saturated rings. The molecule has 32 heavy (non-hydrogen) atoms. The van der Waals surface area contributed by atoms with Crippen molar-refractivity contribution >= 4 is 27.3 Å². The van der Waals surface area contributed by atoms with Crippen LogP contribution >= 0.6 is 0 Å². The fourth-order valence-corrected chi connectivity index (χ4v) is 4.18. The van der Waals surface area contributed by atoms with Gasteiger partial charge in [0, 0.05) is 17.4 Å². The van der Waals surface area contributed by atoms with Crippen LogP contribution in [0.3, 0.4) is 0 Å². The Morgan fingerprint density at radius 2 is 1.84 bits per heavy atom. The number of hydrogen-bond donors (Lipinski definition) is 2. The number of aromatic nitrogens is 3. The van der Waals surface area contributed by atoms with Crippen LogP contribution in [0.4, 0.5) is 5.69 Å². The maximum absolute atomic E-state index is 12.8. The average Bonchev–Trinajstić information content (AvgIpc) is 3.22. The number of fused-ring (bicyclic) bond motifs is 1. The standard InChI is InChI=1S/C22H21N5O4S/c1-2-31-18-11-9-17(10-12-18)26-32(29,30)19-7-5-6-16(14-19)22(28)23-15-21-25-24-20-8-3-4-13-27(20)21/h3-14,26H,2,15H2,1H3,(H,23,28). The lowest BCUT2D eigenvalue weighted by Gasteiger charge is -2.10. The monoisotopic (exact) mass is 451 g/mol. The van der Waals surface area contributed by atoms with E-state index in [-0.39, 0.29) is 17.0 Å². The number of benzene rings is 2. The SMILES string of the molecule is CCOc1ccc(NS(=O)(=O)c2cccc(C(=O)NCc3nnc4ccccn34)c2)cc1. The third kappa shape index (κ3) is 4.70. The Hall–Kier alpha value is -3.92. The van der Waals surface area contributed by atoms with Crippen LogP contribution in [0, 0.1) is 0 Å². The van der Waals surface area contributed by atoms with Crippen LogP contribution in [0.25, 0.3) is 5.65 Å². The second-order valence-corrected chi connectivity index (χ2v) is 8.50. The van der Waals surface area contributed by atoms with Crippen molar-refractivity contribution in [1.82, 2.24) is 19.9 Å². The van der Waals surface area contributed by atoms with E-state index in [4.69, 9.17) is 4.74 Å². The van der Waals surface area contributed by atoms with Gasteiger partial charge in [-0.1, -0.05) is 12.1 Å². The Morgan fingerprint density at radius 1 is 1.03 bits per heavy atom. The fourth-order valence-electron chi connectivity index (χ4n) is 3.08. The van der Waals surface area contributed by atoms with Gasteiger partial charge in [-0.05, 0) is 61.5 Å². The first kappa shape index (κ1) is 21.3. The van der Waals surface area contributed by atoms with Crippen LogP contribution in [-0.4, -0.2) is 35.5 Å². The number of nitrogens with one attached hydrogen (secondary N) is 2. The smallest absolute Gasteiger partial charge is 0.261 e. The van der Waals surface area contributed by atoms with Gasteiger partial charge in [0.05, 0.1) is 18.0 Å². The second-order valence-electron chi connectivity index (χ2n) is 6.82. The maximum Gasteiger partial charge on any atom is 0.261 e. The molecule has 2 aromatic carbocycles. The van der Waals surface area contributed by atoms with Gasteiger partial charge < -0.3 is 10.1 Å². The number of carbonyl (C=O) groups is 1. The summed E-state index contributed by atoms with van der Waals surface area (Å²) >= 11 is 0. The molecule has 0 bridgehead atoms. The normalized spacial score (nSPS) is 11.3. The minimum Gasteiger partial charge on any atom is -0.494 e. The van der Waals surface area contributed by atoms with Gasteiger partial charge in [-0.3, -0.25) is 13.9 Å². The first-order valence-electron chi connectivity index (χ1n) is 9.89. The van der Waals surface area contributed by atoms with Crippen molar-refractivity contribution in [2.75, 3.05) is 11.3 Å². The van der Waals surface area contributed by atoms with Gasteiger partial charge in [-0.15, -0.1) is 10.2 Å². The highest BCUT2D eigenvalue weighted by Crippen LogP contribution is 2.20. The second kappa shape index (κ2) is 9.06. The molecule has 4 aromatic rings. The number of hydrogen-bond acceptors (Lipinski definition) is 6. The lowest BCUT2D eigenvalue weighted by atomic mass is 10.2. The molecule has 2 heterocycles. The van der Waals surface area contributed by atoms with Crippen LogP contribution in [0.15, 0.2) is 77.8 Å². The molecule has 0 aliphatic rings. The zero-order chi connectivity index (χ0) is 22.6. The van der Waals surface area contributed by atoms with E-state index in [9.17, 15) is 13.2 Å². The van der Waals surface area contributed by atoms with E-state index in [2.05, 4.69) is 20.2 Å². The summed E-state index contributed by atoms with van der Waals surface area (Å²) in [6, 6.07) is 17.9. The van der Waals surface area contributed by atoms with Gasteiger partial charge in [0.15, 0.2) is 11.5 Å². The Balaban J connectivity index is 1.46. The quantitative estimate of drug-likeness (QED) is 0.426. The van der Waals surface area contributed by atoms with Crippen LogP contribution in [0.1, 0.15) is 23.1 Å². The number of anilines is 1. The van der Waals surface area contributed by atoms with Gasteiger partial charge in [0.25, 0.3) is 15.9 Å². The summed E-state index contributed by atoms with van der Waals surface area (Å²) in [5.74, 6) is 0.792. The van der Waals surface area contributed by atoms with Crippen molar-refractivity contribution < 1.29 is 17.9 Å². The molecule has 2 N–H and O–H groups in total. The number of pyridine rings is 1. The van der Waals surface area contributed by atoms with E-state index in [0.717, 1.165) is 0 Å². The molecule has 0 aliphatic carbocycles. The van der Waals surface area contributed by atoms with E-state index in [0.29, 0.717) is 29.5 Å². The number of rotatable bonds is 8. The number of nitrogens with zero attached hydrogens (tertiary/aromatic N) is 3. The summed E-state index contributed by atoms with van der Waals surface area (Å²) in [6.07, 6.45) is 1.80. The Kier molecular flexibility index (Phi) is 6.04. The van der Waals surface area contributed by atoms with Crippen LogP contribution in [0.5, 0.6) is 5.75 Å². The Labute approximate surface area is 185 Å². The molecule has 0 saturated heterocycles. The van der Waals surface area contributed by atoms with Gasteiger partial charge in [0.2, 0.25) is 0 Å². The summed E-state index contributed by atoms with van der Waals surface area (Å²) < 4.78 is 35.2. The number of amides is 1. The van der Waals surface area contributed by atoms with E-state index in [1.807, 2.05) is 25.1 Å². The van der Waals surface area contributed by atoms with Crippen molar-refractivity contribution in [2.45, 2.75) is 18.4 Å². The summed E-state index contributed by atoms with van der Waals surface area (Å²) in [6.45, 7) is 2.53. The molecule has 0 radical (unpaired) electrons. The predicted molar refractivity (Wildman–Crippen MR) is 119 cm³/mol. The molecule has 10 heteroatoms. The van der Waals surface area contributed by atoms with Crippen molar-refractivity contribution in [1.29, 1.82) is 0 Å². The fraction of sp³-hybridized carbons (Fsp3) is 0.136. The van der Waals surface area contributed by atoms with E-state index in [1.54, 1.807) is 40.9 Å². The van der Waals surface area contributed by atoms with Gasteiger partial charge in [0.1, 0.15) is 5.75 Å². The van der Waals surface area contributed by atoms with Crippen LogP contribution in [-0.2, 0) is 16.6 Å². The molecule has 1 amide bonds. The summed E-state index contributed by atoms with van der Waals surface area (Å²) in [5, 5.41) is 10.9. The van der Waals surface area contributed by atoms with Gasteiger partial charge in [-0.25, -0.2) is 8.42 Å². The highest BCUT2D eigenvalue weighted by atomic mass is 32.2. The summed E-state index contributed by atoms with van der Waals surface area (Å²) in [4.78, 5) is 12.6. The van der Waals surface area contributed by atoms with Gasteiger partial charge >= 0.3 is 0 Å². The summed E-state index contributed by atoms with van der Waals surface area (Å²) in [5.41, 5.74) is 1.28.